The summed E-state index contributed by atoms with van der Waals surface area (Å²) in [5.41, 5.74) is 5.22. The molecule has 5 N–H and O–H groups in total. The van der Waals surface area contributed by atoms with Crippen LogP contribution < -0.4 is 11.1 Å². The van der Waals surface area contributed by atoms with Gasteiger partial charge in [0.1, 0.15) is 6.04 Å². The highest BCUT2D eigenvalue weighted by atomic mass is 32.2. The van der Waals surface area contributed by atoms with Gasteiger partial charge < -0.3 is 21.3 Å². The van der Waals surface area contributed by atoms with E-state index in [2.05, 4.69) is 5.32 Å². The number of carbonyl (C=O) groups is 3. The van der Waals surface area contributed by atoms with Crippen LogP contribution in [-0.2, 0) is 14.4 Å². The number of nitrogens with one attached hydrogen (secondary N) is 1. The van der Waals surface area contributed by atoms with Crippen LogP contribution in [0.3, 0.4) is 0 Å². The van der Waals surface area contributed by atoms with Crippen molar-refractivity contribution in [2.24, 2.45) is 5.73 Å². The second kappa shape index (κ2) is 8.54. The number of nitrogens with two attached hydrogens (primary N) is 1. The van der Waals surface area contributed by atoms with Gasteiger partial charge in [-0.15, -0.1) is 0 Å². The predicted octanol–water partition coefficient (Wildman–Crippen LogP) is -0.0278. The lowest BCUT2D eigenvalue weighted by Gasteiger charge is -2.12. The maximum atomic E-state index is 11.4. The van der Waals surface area contributed by atoms with Crippen LogP contribution in [0.5, 0.6) is 0 Å². The molecule has 0 aliphatic rings. The third-order valence-corrected chi connectivity index (χ3v) is 2.89. The number of hydrogen-bond donors (Lipinski definition) is 4. The molecule has 0 aliphatic carbocycles. The molecule has 0 aromatic heterocycles. The average Bonchev–Trinajstić information content (AvgIpc) is 2.30. The Bertz CT molecular complexity index is 345. The van der Waals surface area contributed by atoms with E-state index >= 15 is 0 Å². The lowest BCUT2D eigenvalue weighted by atomic mass is 10.1. The molecule has 0 saturated heterocycles. The van der Waals surface area contributed by atoms with Gasteiger partial charge in [0.2, 0.25) is 5.91 Å². The molecule has 1 amide bonds. The lowest BCUT2D eigenvalue weighted by Crippen LogP contribution is -2.39. The van der Waals surface area contributed by atoms with Crippen LogP contribution in [0, 0.1) is 0 Å². The molecule has 2 atom stereocenters. The van der Waals surface area contributed by atoms with E-state index in [1.165, 1.54) is 0 Å². The van der Waals surface area contributed by atoms with Crippen molar-refractivity contribution in [2.45, 2.75) is 31.2 Å². The first-order valence-electron chi connectivity index (χ1n) is 5.15. The molecule has 0 aromatic carbocycles. The van der Waals surface area contributed by atoms with Crippen molar-refractivity contribution in [1.29, 1.82) is 0 Å². The summed E-state index contributed by atoms with van der Waals surface area (Å²) in [6, 6.07) is -1.12. The standard InChI is InChI=1S/C10H16N2O5S/c1-2-5-18-8(10(16)17)12-7(13)4-3-6(11)9(14)15/h2,5-6,8H,3-4,11H2,1H3,(H,12,13)(H,14,15)(H,16,17)/b5-2-. The number of hydrogen-bond acceptors (Lipinski definition) is 5. The quantitative estimate of drug-likeness (QED) is 0.458. The highest BCUT2D eigenvalue weighted by molar-refractivity contribution is 8.03. The summed E-state index contributed by atoms with van der Waals surface area (Å²) in [5, 5.41) is 20.1. The minimum atomic E-state index is -1.19. The Morgan fingerprint density at radius 2 is 1.94 bits per heavy atom. The average molecular weight is 276 g/mol. The smallest absolute Gasteiger partial charge is 0.337 e. The summed E-state index contributed by atoms with van der Waals surface area (Å²) in [4.78, 5) is 32.6. The summed E-state index contributed by atoms with van der Waals surface area (Å²) in [7, 11) is 0. The van der Waals surface area contributed by atoms with E-state index in [9.17, 15) is 14.4 Å². The Hall–Kier alpha value is -1.54. The first kappa shape index (κ1) is 16.5. The largest absolute Gasteiger partial charge is 0.480 e. The molecule has 2 unspecified atom stereocenters. The summed E-state index contributed by atoms with van der Waals surface area (Å²) >= 11 is 0.939. The maximum absolute atomic E-state index is 11.4. The molecular formula is C10H16N2O5S. The van der Waals surface area contributed by atoms with Crippen molar-refractivity contribution in [1.82, 2.24) is 5.32 Å². The molecule has 7 nitrogen and oxygen atoms in total. The molecule has 18 heavy (non-hydrogen) atoms. The molecule has 102 valence electrons. The van der Waals surface area contributed by atoms with Gasteiger partial charge in [0.25, 0.3) is 0 Å². The van der Waals surface area contributed by atoms with Crippen molar-refractivity contribution in [3.05, 3.63) is 11.5 Å². The first-order valence-corrected chi connectivity index (χ1v) is 6.10. The molecule has 0 aliphatic heterocycles. The molecule has 8 heteroatoms. The number of allylic oxidation sites excluding steroid dienone is 1. The second-order valence-electron chi connectivity index (χ2n) is 3.37. The number of aliphatic carboxylic acids is 2. The van der Waals surface area contributed by atoms with Crippen LogP contribution in [0.25, 0.3) is 0 Å². The number of rotatable bonds is 8. The molecule has 0 fully saturated rings. The Morgan fingerprint density at radius 3 is 2.39 bits per heavy atom. The Labute approximate surface area is 108 Å². The number of carboxylic acid groups (broad SMARTS) is 2. The Morgan fingerprint density at radius 1 is 1.33 bits per heavy atom. The van der Waals surface area contributed by atoms with Crippen LogP contribution in [0.2, 0.25) is 0 Å². The van der Waals surface area contributed by atoms with Crippen molar-refractivity contribution < 1.29 is 24.6 Å². The van der Waals surface area contributed by atoms with Gasteiger partial charge in [0, 0.05) is 6.42 Å². The normalized spacial score (nSPS) is 14.1. The van der Waals surface area contributed by atoms with Crippen molar-refractivity contribution in [3.8, 4) is 0 Å². The van der Waals surface area contributed by atoms with Gasteiger partial charge in [-0.25, -0.2) is 4.79 Å². The predicted molar refractivity (Wildman–Crippen MR) is 66.8 cm³/mol. The van der Waals surface area contributed by atoms with E-state index in [-0.39, 0.29) is 12.8 Å². The number of thioether (sulfide) groups is 1. The summed E-state index contributed by atoms with van der Waals surface area (Å²) in [5.74, 6) is -2.91. The zero-order chi connectivity index (χ0) is 14.1. The summed E-state index contributed by atoms with van der Waals surface area (Å²) in [6.45, 7) is 1.72. The zero-order valence-corrected chi connectivity index (χ0v) is 10.6. The zero-order valence-electron chi connectivity index (χ0n) is 9.83. The fraction of sp³-hybridized carbons (Fsp3) is 0.500. The minimum absolute atomic E-state index is 0.0399. The number of carboxylic acids is 2. The number of amides is 1. The Kier molecular flexibility index (Phi) is 7.81. The van der Waals surface area contributed by atoms with Gasteiger partial charge in [0.05, 0.1) is 0 Å². The van der Waals surface area contributed by atoms with Crippen molar-refractivity contribution in [2.75, 3.05) is 0 Å². The van der Waals surface area contributed by atoms with Gasteiger partial charge in [-0.3, -0.25) is 9.59 Å². The molecule has 0 bridgehead atoms. The van der Waals surface area contributed by atoms with Crippen LogP contribution in [-0.4, -0.2) is 39.5 Å². The van der Waals surface area contributed by atoms with E-state index in [0.717, 1.165) is 11.8 Å². The molecular weight excluding hydrogens is 260 g/mol. The molecule has 0 saturated carbocycles. The van der Waals surface area contributed by atoms with Gasteiger partial charge in [-0.05, 0) is 18.8 Å². The summed E-state index contributed by atoms with van der Waals surface area (Å²) in [6.07, 6.45) is 1.47. The monoisotopic (exact) mass is 276 g/mol. The highest BCUT2D eigenvalue weighted by Gasteiger charge is 2.20. The van der Waals surface area contributed by atoms with Gasteiger partial charge >= 0.3 is 11.9 Å². The van der Waals surface area contributed by atoms with Crippen LogP contribution in [0.15, 0.2) is 11.5 Å². The highest BCUT2D eigenvalue weighted by Crippen LogP contribution is 2.10. The second-order valence-corrected chi connectivity index (χ2v) is 4.39. The lowest BCUT2D eigenvalue weighted by molar-refractivity contribution is -0.140. The van der Waals surface area contributed by atoms with Crippen molar-refractivity contribution >= 4 is 29.6 Å². The fourth-order valence-corrected chi connectivity index (χ4v) is 1.57. The molecule has 0 aromatic rings. The topological polar surface area (TPSA) is 130 Å². The summed E-state index contributed by atoms with van der Waals surface area (Å²) < 4.78 is 0. The van der Waals surface area contributed by atoms with Crippen LogP contribution in [0.4, 0.5) is 0 Å². The van der Waals surface area contributed by atoms with E-state index < -0.39 is 29.3 Å². The van der Waals surface area contributed by atoms with Crippen LogP contribution in [0.1, 0.15) is 19.8 Å². The van der Waals surface area contributed by atoms with E-state index in [0.29, 0.717) is 0 Å². The minimum Gasteiger partial charge on any atom is -0.480 e. The molecule has 0 radical (unpaired) electrons. The van der Waals surface area contributed by atoms with Crippen molar-refractivity contribution in [3.63, 3.8) is 0 Å². The maximum Gasteiger partial charge on any atom is 0.337 e. The van der Waals surface area contributed by atoms with E-state index in [4.69, 9.17) is 15.9 Å². The van der Waals surface area contributed by atoms with Gasteiger partial charge in [-0.2, -0.15) is 0 Å². The van der Waals surface area contributed by atoms with E-state index in [1.54, 1.807) is 18.4 Å². The first-order chi connectivity index (χ1) is 8.38. The van der Waals surface area contributed by atoms with E-state index in [1.807, 2.05) is 0 Å². The molecule has 0 rings (SSSR count). The Balaban J connectivity index is 4.18. The third-order valence-electron chi connectivity index (χ3n) is 1.87. The fourth-order valence-electron chi connectivity index (χ4n) is 0.940. The van der Waals surface area contributed by atoms with Crippen LogP contribution >= 0.6 is 11.8 Å². The third kappa shape index (κ3) is 6.92. The van der Waals surface area contributed by atoms with Gasteiger partial charge in [0.15, 0.2) is 5.37 Å². The van der Waals surface area contributed by atoms with Gasteiger partial charge in [-0.1, -0.05) is 17.8 Å². The molecule has 0 heterocycles. The number of carbonyl (C=O) groups excluding carboxylic acids is 1. The molecule has 0 spiro atoms. The SMILES string of the molecule is C/C=C\SC(NC(=O)CCC(N)C(=O)O)C(=O)O.